The Morgan fingerprint density at radius 1 is 0.833 bits per heavy atom. The number of β-amino-alcohol motifs (C(OH)–C–C–N with tert-alkyl or cyclic N) is 1. The van der Waals surface area contributed by atoms with E-state index >= 15 is 0 Å². The van der Waals surface area contributed by atoms with E-state index in [9.17, 15) is 9.90 Å². The van der Waals surface area contributed by atoms with Crippen LogP contribution in [0.4, 0.5) is 0 Å². The van der Waals surface area contributed by atoms with Crippen LogP contribution in [0.2, 0.25) is 0 Å². The van der Waals surface area contributed by atoms with Crippen molar-refractivity contribution in [2.24, 2.45) is 5.92 Å². The van der Waals surface area contributed by atoms with E-state index in [2.05, 4.69) is 0 Å². The molecule has 3 aromatic rings. The highest BCUT2D eigenvalue weighted by molar-refractivity contribution is 5.83. The Morgan fingerprint density at radius 3 is 1.93 bits per heavy atom. The quantitative estimate of drug-likeness (QED) is 0.679. The molecule has 1 amide bonds. The lowest BCUT2D eigenvalue weighted by Crippen LogP contribution is -2.52. The number of aliphatic hydroxyl groups is 1. The monoisotopic (exact) mass is 401 g/mol. The predicted molar refractivity (Wildman–Crippen MR) is 111 cm³/mol. The second-order valence-electron chi connectivity index (χ2n) is 8.01. The molecule has 5 heteroatoms. The Bertz CT molecular complexity index is 985. The Morgan fingerprint density at radius 2 is 1.37 bits per heavy atom. The van der Waals surface area contributed by atoms with Gasteiger partial charge in [-0.2, -0.15) is 4.89 Å². The zero-order chi connectivity index (χ0) is 20.6. The Balaban J connectivity index is 1.50. The van der Waals surface area contributed by atoms with Crippen LogP contribution in [0.15, 0.2) is 91.0 Å². The second-order valence-corrected chi connectivity index (χ2v) is 8.01. The largest absolute Gasteiger partial charge is 0.361 e. The van der Waals surface area contributed by atoms with Gasteiger partial charge in [0.2, 0.25) is 11.7 Å². The molecule has 0 radical (unpaired) electrons. The van der Waals surface area contributed by atoms with Gasteiger partial charge in [-0.15, -0.1) is 0 Å². The summed E-state index contributed by atoms with van der Waals surface area (Å²) in [6.45, 7) is 0.497. The van der Waals surface area contributed by atoms with E-state index in [1.807, 2.05) is 91.0 Å². The van der Waals surface area contributed by atoms with Crippen molar-refractivity contribution in [2.75, 3.05) is 6.54 Å². The second kappa shape index (κ2) is 7.36. The first-order valence-electron chi connectivity index (χ1n) is 10.1. The molecule has 2 heterocycles. The maximum absolute atomic E-state index is 13.3. The number of amides is 1. The lowest BCUT2D eigenvalue weighted by molar-refractivity contribution is -0.487. The van der Waals surface area contributed by atoms with E-state index in [0.717, 1.165) is 16.7 Å². The number of nitrogens with zero attached hydrogens (tertiary/aromatic N) is 1. The van der Waals surface area contributed by atoms with E-state index < -0.39 is 17.3 Å². The highest BCUT2D eigenvalue weighted by atomic mass is 17.2. The van der Waals surface area contributed by atoms with Gasteiger partial charge in [0.25, 0.3) is 0 Å². The van der Waals surface area contributed by atoms with Crippen LogP contribution >= 0.6 is 0 Å². The number of likely N-dealkylation sites (tertiary alicyclic amines) is 1. The van der Waals surface area contributed by atoms with E-state index in [0.29, 0.717) is 13.0 Å². The van der Waals surface area contributed by atoms with E-state index in [4.69, 9.17) is 9.78 Å². The van der Waals surface area contributed by atoms with Gasteiger partial charge in [-0.25, -0.2) is 4.89 Å². The van der Waals surface area contributed by atoms with Crippen LogP contribution in [0.3, 0.4) is 0 Å². The number of carbonyl (C=O) groups excluding carboxylic acids is 1. The fourth-order valence-electron chi connectivity index (χ4n) is 4.52. The van der Waals surface area contributed by atoms with Crippen LogP contribution in [-0.4, -0.2) is 28.2 Å². The molecule has 2 saturated heterocycles. The molecule has 2 atom stereocenters. The number of hydrogen-bond acceptors (Lipinski definition) is 4. The molecule has 1 N–H and O–H groups in total. The van der Waals surface area contributed by atoms with Gasteiger partial charge in [-0.3, -0.25) is 4.79 Å². The summed E-state index contributed by atoms with van der Waals surface area (Å²) in [5.74, 6) is -2.52. The minimum absolute atomic E-state index is 0.0745. The first-order valence-corrected chi connectivity index (χ1v) is 10.1. The van der Waals surface area contributed by atoms with Crippen molar-refractivity contribution < 1.29 is 19.7 Å². The van der Waals surface area contributed by atoms with E-state index in [-0.39, 0.29) is 12.5 Å². The Labute approximate surface area is 175 Å². The van der Waals surface area contributed by atoms with Crippen molar-refractivity contribution in [3.8, 4) is 0 Å². The molecule has 0 saturated carbocycles. The zero-order valence-corrected chi connectivity index (χ0v) is 16.5. The standard InChI is InChI=1S/C25H23NO4/c27-23-22-16-24(20-12-6-2-7-13-20,21-14-8-3-9-15-21)29-30-25(22,28)18-26(23)17-19-10-4-1-5-11-19/h1-15,22,28H,16-18H2. The van der Waals surface area contributed by atoms with Crippen LogP contribution in [0.1, 0.15) is 23.1 Å². The van der Waals surface area contributed by atoms with Gasteiger partial charge in [0.15, 0.2) is 5.60 Å². The first-order chi connectivity index (χ1) is 14.6. The van der Waals surface area contributed by atoms with E-state index in [1.165, 1.54) is 0 Å². The highest BCUT2D eigenvalue weighted by Gasteiger charge is 2.61. The molecule has 152 valence electrons. The number of hydrogen-bond donors (Lipinski definition) is 1. The molecule has 0 aromatic heterocycles. The fourth-order valence-corrected chi connectivity index (χ4v) is 4.52. The lowest BCUT2D eigenvalue weighted by atomic mass is 9.76. The fraction of sp³-hybridized carbons (Fsp3) is 0.240. The average Bonchev–Trinajstić information content (AvgIpc) is 3.04. The van der Waals surface area contributed by atoms with Crippen LogP contribution in [0, 0.1) is 5.92 Å². The third-order valence-electron chi connectivity index (χ3n) is 6.09. The smallest absolute Gasteiger partial charge is 0.231 e. The summed E-state index contributed by atoms with van der Waals surface area (Å²) in [5.41, 5.74) is 1.80. The normalized spacial score (nSPS) is 25.2. The van der Waals surface area contributed by atoms with Gasteiger partial charge in [-0.05, 0) is 16.7 Å². The van der Waals surface area contributed by atoms with Crippen LogP contribution in [0.25, 0.3) is 0 Å². The molecule has 2 fully saturated rings. The molecule has 0 bridgehead atoms. The van der Waals surface area contributed by atoms with Crippen molar-refractivity contribution >= 4 is 5.91 Å². The summed E-state index contributed by atoms with van der Waals surface area (Å²) in [6.07, 6.45) is 0.293. The van der Waals surface area contributed by atoms with E-state index in [1.54, 1.807) is 4.90 Å². The molecule has 3 aromatic carbocycles. The zero-order valence-electron chi connectivity index (χ0n) is 16.5. The van der Waals surface area contributed by atoms with Crippen molar-refractivity contribution in [1.29, 1.82) is 0 Å². The average molecular weight is 401 g/mol. The maximum atomic E-state index is 13.3. The summed E-state index contributed by atoms with van der Waals surface area (Å²) in [7, 11) is 0. The van der Waals surface area contributed by atoms with Crippen molar-refractivity contribution in [1.82, 2.24) is 4.90 Å². The summed E-state index contributed by atoms with van der Waals surface area (Å²) < 4.78 is 0. The number of carbonyl (C=O) groups is 1. The maximum Gasteiger partial charge on any atom is 0.231 e. The van der Waals surface area contributed by atoms with Gasteiger partial charge in [0, 0.05) is 13.0 Å². The molecule has 5 nitrogen and oxygen atoms in total. The summed E-state index contributed by atoms with van der Waals surface area (Å²) >= 11 is 0. The third-order valence-corrected chi connectivity index (χ3v) is 6.09. The molecular weight excluding hydrogens is 378 g/mol. The van der Waals surface area contributed by atoms with Gasteiger partial charge in [0.1, 0.15) is 5.92 Å². The Kier molecular flexibility index (Phi) is 4.66. The van der Waals surface area contributed by atoms with Crippen molar-refractivity contribution in [3.05, 3.63) is 108 Å². The van der Waals surface area contributed by atoms with Crippen molar-refractivity contribution in [2.45, 2.75) is 24.4 Å². The van der Waals surface area contributed by atoms with Gasteiger partial charge in [-0.1, -0.05) is 91.0 Å². The third kappa shape index (κ3) is 3.12. The minimum Gasteiger partial charge on any atom is -0.361 e. The number of rotatable bonds is 4. The minimum atomic E-state index is -1.67. The number of benzene rings is 3. The van der Waals surface area contributed by atoms with Gasteiger partial charge < -0.3 is 10.0 Å². The molecule has 0 spiro atoms. The summed E-state index contributed by atoms with van der Waals surface area (Å²) in [5, 5.41) is 11.1. The van der Waals surface area contributed by atoms with Gasteiger partial charge in [0.05, 0.1) is 6.54 Å². The van der Waals surface area contributed by atoms with Crippen LogP contribution < -0.4 is 0 Å². The Hall–Kier alpha value is -2.99. The SMILES string of the molecule is O=C1C2CC(c3ccccc3)(c3ccccc3)OOC2(O)CN1Cc1ccccc1. The molecule has 30 heavy (non-hydrogen) atoms. The molecule has 0 aliphatic carbocycles. The van der Waals surface area contributed by atoms with Gasteiger partial charge >= 0.3 is 0 Å². The van der Waals surface area contributed by atoms with Crippen molar-refractivity contribution in [3.63, 3.8) is 0 Å². The summed E-state index contributed by atoms with van der Waals surface area (Å²) in [6, 6.07) is 29.2. The number of fused-ring (bicyclic) bond motifs is 1. The van der Waals surface area contributed by atoms with Crippen LogP contribution in [-0.2, 0) is 26.7 Å². The molecule has 5 rings (SSSR count). The predicted octanol–water partition coefficient (Wildman–Crippen LogP) is 3.63. The molecule has 2 unspecified atom stereocenters. The molecule has 2 aliphatic heterocycles. The first kappa shape index (κ1) is 19.0. The lowest BCUT2D eigenvalue weighted by Gasteiger charge is -2.43. The topological polar surface area (TPSA) is 59.0 Å². The summed E-state index contributed by atoms with van der Waals surface area (Å²) in [4.78, 5) is 26.6. The molecular formula is C25H23NO4. The molecule has 2 aliphatic rings. The highest BCUT2D eigenvalue weighted by Crippen LogP contribution is 2.50. The van der Waals surface area contributed by atoms with Crippen LogP contribution in [0.5, 0.6) is 0 Å².